The van der Waals surface area contributed by atoms with Crippen LogP contribution < -0.4 is 40.4 Å². The maximum Gasteiger partial charge on any atom is 1.00 e. The molecule has 2 heterocycles. The molecule has 5 nitrogen and oxygen atoms in total. The average Bonchev–Trinajstić information content (AvgIpc) is 2.51. The van der Waals surface area contributed by atoms with Gasteiger partial charge in [-0.05, 0) is 12.0 Å². The zero-order valence-electron chi connectivity index (χ0n) is 9.78. The average molecular weight is 262 g/mol. The Hall–Kier alpha value is -0.560. The minimum absolute atomic E-state index is 0. The van der Waals surface area contributed by atoms with Crippen molar-refractivity contribution in [1.29, 1.82) is 0 Å². The van der Waals surface area contributed by atoms with Gasteiger partial charge in [0.05, 0.1) is 17.5 Å². The van der Waals surface area contributed by atoms with Crippen LogP contribution in [0.5, 0.6) is 0 Å². The molecule has 17 heavy (non-hydrogen) atoms. The first-order valence-electron chi connectivity index (χ1n) is 4.87. The molecule has 0 radical (unpaired) electrons. The molecule has 86 valence electrons. The summed E-state index contributed by atoms with van der Waals surface area (Å²) in [6.07, 6.45) is 0.534. The molecule has 0 fully saturated rings. The second-order valence-corrected chi connectivity index (χ2v) is 4.86. The number of fused-ring (bicyclic) bond motifs is 1. The number of thiophene rings is 1. The Morgan fingerprint density at radius 1 is 1.47 bits per heavy atom. The van der Waals surface area contributed by atoms with Crippen LogP contribution in [0.25, 0.3) is 0 Å². The summed E-state index contributed by atoms with van der Waals surface area (Å²) < 4.78 is 0. The number of anilines is 1. The van der Waals surface area contributed by atoms with Gasteiger partial charge in [0, 0.05) is 23.9 Å². The Labute approximate surface area is 125 Å². The quantitative estimate of drug-likeness (QED) is 0.535. The molecule has 0 saturated carbocycles. The number of hydrogen-bond donors (Lipinski definition) is 1. The van der Waals surface area contributed by atoms with Crippen LogP contribution in [0.1, 0.15) is 27.7 Å². The van der Waals surface area contributed by atoms with Crippen molar-refractivity contribution in [2.24, 2.45) is 0 Å². The number of nitrogens with zero attached hydrogens (tertiary/aromatic N) is 1. The van der Waals surface area contributed by atoms with Crippen LogP contribution in [0.15, 0.2) is 0 Å². The maximum atomic E-state index is 11.2. The fourth-order valence-electron chi connectivity index (χ4n) is 1.92. The number of rotatable bonds is 1. The molecule has 0 aromatic carbocycles. The summed E-state index contributed by atoms with van der Waals surface area (Å²) in [5.74, 6) is -1.24. The van der Waals surface area contributed by atoms with Crippen LogP contribution in [-0.4, -0.2) is 23.3 Å². The van der Waals surface area contributed by atoms with Crippen molar-refractivity contribution in [2.75, 3.05) is 12.3 Å². The third-order valence-electron chi connectivity index (χ3n) is 2.73. The Morgan fingerprint density at radius 3 is 2.65 bits per heavy atom. The molecule has 2 rings (SSSR count). The molecule has 0 atom stereocenters. The molecule has 0 spiro atoms. The monoisotopic (exact) mass is 262 g/mol. The van der Waals surface area contributed by atoms with Crippen LogP contribution in [0, 0.1) is 0 Å². The van der Waals surface area contributed by atoms with E-state index in [2.05, 4.69) is 0 Å². The minimum Gasteiger partial charge on any atom is -0.545 e. The van der Waals surface area contributed by atoms with Crippen LogP contribution in [0.2, 0.25) is 0 Å². The van der Waals surface area contributed by atoms with E-state index >= 15 is 0 Å². The Bertz CT molecular complexity index is 472. The summed E-state index contributed by atoms with van der Waals surface area (Å²) in [6, 6.07) is 0. The van der Waals surface area contributed by atoms with E-state index in [1.165, 1.54) is 18.3 Å². The van der Waals surface area contributed by atoms with E-state index in [4.69, 9.17) is 5.73 Å². The summed E-state index contributed by atoms with van der Waals surface area (Å²) in [7, 11) is 0. The fourth-order valence-corrected chi connectivity index (χ4v) is 3.04. The number of hydrogen-bond acceptors (Lipinski definition) is 5. The maximum absolute atomic E-state index is 11.2. The van der Waals surface area contributed by atoms with Crippen molar-refractivity contribution in [1.82, 2.24) is 4.90 Å². The third kappa shape index (κ3) is 2.65. The zero-order valence-corrected chi connectivity index (χ0v) is 12.6. The van der Waals surface area contributed by atoms with Crippen LogP contribution in [0.4, 0.5) is 5.00 Å². The van der Waals surface area contributed by atoms with Crippen molar-refractivity contribution in [2.45, 2.75) is 19.9 Å². The van der Waals surface area contributed by atoms with Gasteiger partial charge in [-0.2, -0.15) is 0 Å². The first-order chi connectivity index (χ1) is 7.50. The van der Waals surface area contributed by atoms with Gasteiger partial charge in [-0.1, -0.05) is 0 Å². The number of carbonyl (C=O) groups is 2. The Kier molecular flexibility index (Phi) is 4.60. The van der Waals surface area contributed by atoms with E-state index in [-0.39, 0.29) is 46.0 Å². The van der Waals surface area contributed by atoms with E-state index in [1.807, 2.05) is 0 Å². The minimum atomic E-state index is -1.23. The fraction of sp³-hybridized carbons (Fsp3) is 0.400. The van der Waals surface area contributed by atoms with Crippen LogP contribution >= 0.6 is 11.3 Å². The summed E-state index contributed by atoms with van der Waals surface area (Å²) in [5.41, 5.74) is 6.49. The molecule has 1 amide bonds. The molecule has 0 unspecified atom stereocenters. The normalized spacial score (nSPS) is 13.8. The van der Waals surface area contributed by atoms with E-state index < -0.39 is 5.97 Å². The van der Waals surface area contributed by atoms with Crippen molar-refractivity contribution < 1.29 is 44.3 Å². The smallest absolute Gasteiger partial charge is 0.545 e. The van der Waals surface area contributed by atoms with Gasteiger partial charge in [0.15, 0.2) is 0 Å². The van der Waals surface area contributed by atoms with Crippen molar-refractivity contribution in [3.8, 4) is 0 Å². The summed E-state index contributed by atoms with van der Waals surface area (Å²) in [6.45, 7) is 2.49. The molecule has 0 saturated heterocycles. The van der Waals surface area contributed by atoms with Crippen molar-refractivity contribution in [3.63, 3.8) is 0 Å². The predicted octanol–water partition coefficient (Wildman–Crippen LogP) is -3.40. The zero-order chi connectivity index (χ0) is 11.9. The number of amides is 1. The number of carbonyl (C=O) groups excluding carboxylic acids is 2. The molecule has 1 aromatic heterocycles. The van der Waals surface area contributed by atoms with Crippen LogP contribution in [0.3, 0.4) is 0 Å². The van der Waals surface area contributed by atoms with E-state index in [9.17, 15) is 14.7 Å². The van der Waals surface area contributed by atoms with Gasteiger partial charge in [0.1, 0.15) is 0 Å². The standard InChI is InChI=1S/C10H12N2O3S.Na/c1-5(13)12-3-2-6-7(4-12)16-9(11)8(6)10(14)15;/h2-4,11H2,1H3,(H,14,15);/q;+1/p-1. The van der Waals surface area contributed by atoms with Crippen LogP contribution in [-0.2, 0) is 17.8 Å². The number of aromatic carboxylic acids is 1. The second-order valence-electron chi connectivity index (χ2n) is 3.72. The van der Waals surface area contributed by atoms with Gasteiger partial charge in [-0.3, -0.25) is 4.79 Å². The summed E-state index contributed by atoms with van der Waals surface area (Å²) in [4.78, 5) is 24.6. The number of carboxylic acids is 1. The molecule has 1 aliphatic heterocycles. The SMILES string of the molecule is CC(=O)N1CCc2c(sc(N)c2C(=O)[O-])C1.[Na+]. The molecule has 0 bridgehead atoms. The number of carboxylic acid groups (broad SMARTS) is 1. The van der Waals surface area contributed by atoms with Gasteiger partial charge >= 0.3 is 29.6 Å². The third-order valence-corrected chi connectivity index (χ3v) is 3.78. The van der Waals surface area contributed by atoms with Gasteiger partial charge in [-0.25, -0.2) is 0 Å². The second kappa shape index (κ2) is 5.39. The van der Waals surface area contributed by atoms with Gasteiger partial charge < -0.3 is 20.5 Å². The number of nitrogen functional groups attached to an aromatic ring is 1. The molecule has 1 aliphatic rings. The molecule has 7 heteroatoms. The molecule has 0 aliphatic carbocycles. The van der Waals surface area contributed by atoms with E-state index in [0.717, 1.165) is 10.4 Å². The first-order valence-corrected chi connectivity index (χ1v) is 5.69. The van der Waals surface area contributed by atoms with Gasteiger partial charge in [0.25, 0.3) is 0 Å². The topological polar surface area (TPSA) is 86.5 Å². The van der Waals surface area contributed by atoms with Gasteiger partial charge in [-0.15, -0.1) is 11.3 Å². The van der Waals surface area contributed by atoms with Crippen molar-refractivity contribution in [3.05, 3.63) is 16.0 Å². The summed E-state index contributed by atoms with van der Waals surface area (Å²) in [5, 5.41) is 11.2. The molecule has 2 N–H and O–H groups in total. The molecular weight excluding hydrogens is 251 g/mol. The largest absolute Gasteiger partial charge is 1.00 e. The van der Waals surface area contributed by atoms with Crippen molar-refractivity contribution >= 4 is 28.2 Å². The number of nitrogens with two attached hydrogens (primary N) is 1. The molecular formula is C10H11N2NaO3S. The predicted molar refractivity (Wildman–Crippen MR) is 57.9 cm³/mol. The van der Waals surface area contributed by atoms with E-state index in [1.54, 1.807) is 4.90 Å². The molecule has 1 aromatic rings. The first kappa shape index (κ1) is 14.5. The Morgan fingerprint density at radius 2 is 2.12 bits per heavy atom. The summed E-state index contributed by atoms with van der Waals surface area (Å²) >= 11 is 1.23. The van der Waals surface area contributed by atoms with E-state index in [0.29, 0.717) is 19.5 Å². The Balaban J connectivity index is 0.00000144. The van der Waals surface area contributed by atoms with Gasteiger partial charge in [0.2, 0.25) is 5.91 Å².